The second-order valence-corrected chi connectivity index (χ2v) is 10.3. The summed E-state index contributed by atoms with van der Waals surface area (Å²) in [6, 6.07) is 2.58. The summed E-state index contributed by atoms with van der Waals surface area (Å²) in [6.45, 7) is 1.000. The number of hydrogen-bond acceptors (Lipinski definition) is 6. The summed E-state index contributed by atoms with van der Waals surface area (Å²) in [4.78, 5) is 5.51. The number of aromatic nitrogens is 1. The Hall–Kier alpha value is -1.49. The normalized spacial score (nSPS) is 24.6. The smallest absolute Gasteiger partial charge is 0.266 e. The van der Waals surface area contributed by atoms with Crippen LogP contribution in [-0.4, -0.2) is 49.6 Å². The Morgan fingerprint density at radius 2 is 2.21 bits per heavy atom. The minimum atomic E-state index is -4.15. The fourth-order valence-electron chi connectivity index (χ4n) is 4.41. The van der Waals surface area contributed by atoms with Gasteiger partial charge in [0.25, 0.3) is 10.0 Å². The van der Waals surface area contributed by atoms with Gasteiger partial charge in [0, 0.05) is 29.7 Å². The van der Waals surface area contributed by atoms with Gasteiger partial charge < -0.3 is 5.32 Å². The maximum absolute atomic E-state index is 14.8. The molecule has 1 aromatic heterocycles. The van der Waals surface area contributed by atoms with E-state index in [1.54, 1.807) is 5.38 Å². The number of sulfonamides is 1. The van der Waals surface area contributed by atoms with Crippen molar-refractivity contribution in [3.63, 3.8) is 0 Å². The Balaban J connectivity index is 1.52. The Morgan fingerprint density at radius 3 is 2.93 bits per heavy atom. The average molecular weight is 463 g/mol. The summed E-state index contributed by atoms with van der Waals surface area (Å²) in [7, 11) is -4.15. The fourth-order valence-corrected chi connectivity index (χ4v) is 6.57. The van der Waals surface area contributed by atoms with Gasteiger partial charge in [-0.05, 0) is 44.4 Å². The lowest BCUT2D eigenvalue weighted by Crippen LogP contribution is -2.47. The van der Waals surface area contributed by atoms with Crippen molar-refractivity contribution in [2.75, 3.05) is 29.8 Å². The van der Waals surface area contributed by atoms with E-state index in [1.807, 2.05) is 0 Å². The molecule has 2 aliphatic rings. The SMILES string of the molecule is O=S(=O)(Nc1nccs1)c1ccc(NCC23CCCN2C(CF)CC3)c(Cl)c1F. The molecule has 0 saturated carbocycles. The summed E-state index contributed by atoms with van der Waals surface area (Å²) in [5.41, 5.74) is 0.163. The average Bonchev–Trinajstić information content (AvgIpc) is 3.39. The molecule has 29 heavy (non-hydrogen) atoms. The quantitative estimate of drug-likeness (QED) is 0.647. The molecule has 2 N–H and O–H groups in total. The van der Waals surface area contributed by atoms with Crippen LogP contribution in [0.25, 0.3) is 0 Å². The van der Waals surface area contributed by atoms with Gasteiger partial charge in [-0.15, -0.1) is 11.3 Å². The highest BCUT2D eigenvalue weighted by Crippen LogP contribution is 2.43. The van der Waals surface area contributed by atoms with Gasteiger partial charge in [-0.3, -0.25) is 9.62 Å². The Kier molecular flexibility index (Phi) is 5.71. The number of benzene rings is 1. The van der Waals surface area contributed by atoms with Crippen molar-refractivity contribution in [1.29, 1.82) is 0 Å². The van der Waals surface area contributed by atoms with Gasteiger partial charge in [0.2, 0.25) is 0 Å². The Labute approximate surface area is 177 Å². The minimum Gasteiger partial charge on any atom is -0.382 e. The summed E-state index contributed by atoms with van der Waals surface area (Å²) < 4.78 is 55.2. The maximum Gasteiger partial charge on any atom is 0.266 e. The van der Waals surface area contributed by atoms with E-state index < -0.39 is 20.7 Å². The molecule has 4 rings (SSSR count). The van der Waals surface area contributed by atoms with Crippen LogP contribution in [-0.2, 0) is 10.0 Å². The molecular weight excluding hydrogens is 442 g/mol. The van der Waals surface area contributed by atoms with E-state index in [0.717, 1.165) is 43.6 Å². The molecule has 158 valence electrons. The molecule has 1 aromatic carbocycles. The predicted molar refractivity (Wildman–Crippen MR) is 110 cm³/mol. The third-order valence-corrected chi connectivity index (χ3v) is 8.35. The first-order valence-electron chi connectivity index (χ1n) is 9.33. The monoisotopic (exact) mass is 462 g/mol. The Bertz CT molecular complexity index is 990. The molecule has 0 bridgehead atoms. The first-order chi connectivity index (χ1) is 13.9. The zero-order chi connectivity index (χ0) is 20.6. The van der Waals surface area contributed by atoms with Crippen molar-refractivity contribution in [1.82, 2.24) is 9.88 Å². The third kappa shape index (κ3) is 3.83. The third-order valence-electron chi connectivity index (χ3n) is 5.81. The van der Waals surface area contributed by atoms with E-state index in [-0.39, 0.29) is 28.4 Å². The van der Waals surface area contributed by atoms with Crippen LogP contribution in [0.2, 0.25) is 5.02 Å². The second-order valence-electron chi connectivity index (χ2n) is 7.40. The van der Waals surface area contributed by atoms with Crippen molar-refractivity contribution in [3.05, 3.63) is 34.5 Å². The highest BCUT2D eigenvalue weighted by Gasteiger charge is 2.48. The number of nitrogens with zero attached hydrogens (tertiary/aromatic N) is 2. The number of anilines is 2. The minimum absolute atomic E-state index is 0.0593. The van der Waals surface area contributed by atoms with Crippen LogP contribution in [0.4, 0.5) is 19.6 Å². The first kappa shape index (κ1) is 20.8. The molecule has 2 atom stereocenters. The van der Waals surface area contributed by atoms with E-state index in [2.05, 4.69) is 19.9 Å². The van der Waals surface area contributed by atoms with Crippen LogP contribution in [0.15, 0.2) is 28.6 Å². The molecule has 0 aliphatic carbocycles. The zero-order valence-corrected chi connectivity index (χ0v) is 17.9. The van der Waals surface area contributed by atoms with Crippen molar-refractivity contribution < 1.29 is 17.2 Å². The van der Waals surface area contributed by atoms with E-state index in [1.165, 1.54) is 18.3 Å². The van der Waals surface area contributed by atoms with Crippen molar-refractivity contribution in [2.24, 2.45) is 0 Å². The molecule has 0 spiro atoms. The molecule has 2 fully saturated rings. The molecule has 0 amide bonds. The van der Waals surface area contributed by atoms with E-state index in [4.69, 9.17) is 11.6 Å². The first-order valence-corrected chi connectivity index (χ1v) is 12.1. The van der Waals surface area contributed by atoms with Gasteiger partial charge in [0.15, 0.2) is 10.9 Å². The molecule has 2 saturated heterocycles. The number of alkyl halides is 1. The summed E-state index contributed by atoms with van der Waals surface area (Å²) >= 11 is 7.24. The van der Waals surface area contributed by atoms with Crippen molar-refractivity contribution >= 4 is 43.8 Å². The molecule has 2 aromatic rings. The van der Waals surface area contributed by atoms with Gasteiger partial charge in [-0.25, -0.2) is 22.2 Å². The zero-order valence-electron chi connectivity index (χ0n) is 15.5. The van der Waals surface area contributed by atoms with Gasteiger partial charge in [-0.2, -0.15) is 0 Å². The molecule has 11 heteroatoms. The number of fused-ring (bicyclic) bond motifs is 1. The molecule has 3 heterocycles. The molecule has 2 aliphatic heterocycles. The fraction of sp³-hybridized carbons (Fsp3) is 0.500. The maximum atomic E-state index is 14.8. The largest absolute Gasteiger partial charge is 0.382 e. The number of hydrogen-bond donors (Lipinski definition) is 2. The van der Waals surface area contributed by atoms with Crippen LogP contribution in [0, 0.1) is 5.82 Å². The van der Waals surface area contributed by atoms with Crippen LogP contribution in [0.5, 0.6) is 0 Å². The highest BCUT2D eigenvalue weighted by atomic mass is 35.5. The second kappa shape index (κ2) is 7.98. The number of rotatable bonds is 7. The molecular formula is C18H21ClF2N4O2S2. The predicted octanol–water partition coefficient (Wildman–Crippen LogP) is 4.11. The summed E-state index contributed by atoms with van der Waals surface area (Å²) in [5.74, 6) is -1.02. The topological polar surface area (TPSA) is 74.3 Å². The number of thiazole rings is 1. The highest BCUT2D eigenvalue weighted by molar-refractivity contribution is 7.93. The van der Waals surface area contributed by atoms with Crippen LogP contribution in [0.3, 0.4) is 0 Å². The van der Waals surface area contributed by atoms with Crippen molar-refractivity contribution in [3.8, 4) is 0 Å². The number of nitrogens with one attached hydrogen (secondary N) is 2. The van der Waals surface area contributed by atoms with E-state index >= 15 is 0 Å². The lowest BCUT2D eigenvalue weighted by molar-refractivity contribution is 0.142. The van der Waals surface area contributed by atoms with Gasteiger partial charge >= 0.3 is 0 Å². The lowest BCUT2D eigenvalue weighted by atomic mass is 9.94. The van der Waals surface area contributed by atoms with E-state index in [0.29, 0.717) is 12.2 Å². The summed E-state index contributed by atoms with van der Waals surface area (Å²) in [6.07, 6.45) is 5.07. The van der Waals surface area contributed by atoms with E-state index in [9.17, 15) is 17.2 Å². The lowest BCUT2D eigenvalue weighted by Gasteiger charge is -2.35. The summed E-state index contributed by atoms with van der Waals surface area (Å²) in [5, 5.41) is 4.63. The molecule has 2 unspecified atom stereocenters. The van der Waals surface area contributed by atoms with Gasteiger partial charge in [0.05, 0.1) is 5.69 Å². The molecule has 6 nitrogen and oxygen atoms in total. The van der Waals surface area contributed by atoms with Crippen LogP contribution >= 0.6 is 22.9 Å². The van der Waals surface area contributed by atoms with Crippen LogP contribution in [0.1, 0.15) is 25.7 Å². The standard InChI is InChI=1S/C18H21ClF2N4O2S2/c19-15-13(23-11-18-5-1-8-25(18)12(10-20)4-6-18)2-3-14(16(15)21)29(26,27)24-17-22-7-9-28-17/h2-3,7,9,12,23H,1,4-6,8,10-11H2,(H,22,24). The van der Waals surface area contributed by atoms with Crippen molar-refractivity contribution in [2.45, 2.75) is 42.2 Å². The number of halogens is 3. The van der Waals surface area contributed by atoms with Gasteiger partial charge in [-0.1, -0.05) is 11.6 Å². The van der Waals surface area contributed by atoms with Gasteiger partial charge in [0.1, 0.15) is 16.6 Å². The van der Waals surface area contributed by atoms with Crippen LogP contribution < -0.4 is 10.0 Å². The molecule has 0 radical (unpaired) electrons. The Morgan fingerprint density at radius 1 is 1.38 bits per heavy atom.